The molecule has 0 saturated heterocycles. The number of hydrogen-bond donors (Lipinski definition) is 0. The number of aromatic nitrogens is 1. The number of hydrogen-bond acceptors (Lipinski definition) is 2. The standard InChI is InChI=1S/C33H25N2O/c1-21-12-14-27-29-19-28(26-15-13-24(17-22(26)2)23-9-5-4-6-10-23)25(20-34)18-31(29)36-33(27)32(21)30-11-7-8-16-35(30)3/h4-19H,1-3H3/q+1. The van der Waals surface area contributed by atoms with Gasteiger partial charge in [0.15, 0.2) is 6.20 Å². The number of benzene rings is 4. The van der Waals surface area contributed by atoms with E-state index in [0.717, 1.165) is 55.4 Å². The van der Waals surface area contributed by atoms with Gasteiger partial charge in [0.1, 0.15) is 18.2 Å². The molecule has 0 bridgehead atoms. The maximum Gasteiger partial charge on any atom is 0.216 e. The third-order valence-electron chi connectivity index (χ3n) is 7.04. The first-order valence-corrected chi connectivity index (χ1v) is 12.1. The second-order valence-corrected chi connectivity index (χ2v) is 9.33. The Bertz CT molecular complexity index is 1820. The molecule has 0 amide bonds. The highest BCUT2D eigenvalue weighted by Gasteiger charge is 2.21. The minimum atomic E-state index is 0.612. The number of nitrogens with zero attached hydrogens (tertiary/aromatic N) is 2. The van der Waals surface area contributed by atoms with E-state index in [9.17, 15) is 5.26 Å². The van der Waals surface area contributed by atoms with Crippen LogP contribution in [0.1, 0.15) is 16.7 Å². The van der Waals surface area contributed by atoms with Crippen LogP contribution in [0, 0.1) is 25.2 Å². The summed E-state index contributed by atoms with van der Waals surface area (Å²) in [4.78, 5) is 0. The Morgan fingerprint density at radius 3 is 2.28 bits per heavy atom. The molecule has 2 aromatic heterocycles. The van der Waals surface area contributed by atoms with Crippen LogP contribution in [-0.4, -0.2) is 0 Å². The Morgan fingerprint density at radius 2 is 1.53 bits per heavy atom. The summed E-state index contributed by atoms with van der Waals surface area (Å²) in [5, 5.41) is 12.1. The monoisotopic (exact) mass is 465 g/mol. The highest BCUT2D eigenvalue weighted by molar-refractivity contribution is 6.11. The number of nitriles is 1. The largest absolute Gasteiger partial charge is 0.455 e. The van der Waals surface area contributed by atoms with Crippen LogP contribution in [0.3, 0.4) is 0 Å². The number of fused-ring (bicyclic) bond motifs is 3. The molecule has 0 radical (unpaired) electrons. The molecule has 0 spiro atoms. The highest BCUT2D eigenvalue weighted by atomic mass is 16.3. The van der Waals surface area contributed by atoms with Crippen LogP contribution in [-0.2, 0) is 7.05 Å². The lowest BCUT2D eigenvalue weighted by atomic mass is 9.92. The fraction of sp³-hybridized carbons (Fsp3) is 0.0909. The zero-order valence-electron chi connectivity index (χ0n) is 20.5. The molecule has 6 aromatic rings. The van der Waals surface area contributed by atoms with E-state index in [-0.39, 0.29) is 0 Å². The molecule has 0 aliphatic carbocycles. The molecule has 3 heteroatoms. The summed E-state index contributed by atoms with van der Waals surface area (Å²) in [6.45, 7) is 4.22. The maximum absolute atomic E-state index is 10.1. The first-order chi connectivity index (χ1) is 17.5. The highest BCUT2D eigenvalue weighted by Crippen LogP contribution is 2.40. The van der Waals surface area contributed by atoms with Gasteiger partial charge in [0.25, 0.3) is 0 Å². The summed E-state index contributed by atoms with van der Waals surface area (Å²) < 4.78 is 8.56. The minimum absolute atomic E-state index is 0.612. The number of furan rings is 1. The van der Waals surface area contributed by atoms with Crippen molar-refractivity contribution < 1.29 is 8.98 Å². The minimum Gasteiger partial charge on any atom is -0.455 e. The Morgan fingerprint density at radius 1 is 0.722 bits per heavy atom. The summed E-state index contributed by atoms with van der Waals surface area (Å²) in [5.41, 5.74) is 11.0. The lowest BCUT2D eigenvalue weighted by Crippen LogP contribution is -2.30. The van der Waals surface area contributed by atoms with E-state index in [1.807, 2.05) is 37.5 Å². The van der Waals surface area contributed by atoms with E-state index < -0.39 is 0 Å². The van der Waals surface area contributed by atoms with Gasteiger partial charge < -0.3 is 4.42 Å². The van der Waals surface area contributed by atoms with Crippen molar-refractivity contribution in [2.75, 3.05) is 0 Å². The molecule has 6 rings (SSSR count). The van der Waals surface area contributed by atoms with Crippen LogP contribution >= 0.6 is 0 Å². The molecule has 172 valence electrons. The fourth-order valence-corrected chi connectivity index (χ4v) is 5.18. The van der Waals surface area contributed by atoms with Crippen molar-refractivity contribution in [1.82, 2.24) is 0 Å². The third-order valence-corrected chi connectivity index (χ3v) is 7.04. The van der Waals surface area contributed by atoms with Gasteiger partial charge in [0.2, 0.25) is 5.69 Å². The molecule has 0 saturated carbocycles. The van der Waals surface area contributed by atoms with E-state index in [4.69, 9.17) is 4.42 Å². The quantitative estimate of drug-likeness (QED) is 0.249. The molecule has 36 heavy (non-hydrogen) atoms. The fourth-order valence-electron chi connectivity index (χ4n) is 5.18. The average Bonchev–Trinajstić information content (AvgIpc) is 3.26. The second-order valence-electron chi connectivity index (χ2n) is 9.33. The zero-order valence-corrected chi connectivity index (χ0v) is 20.5. The van der Waals surface area contributed by atoms with Crippen molar-refractivity contribution in [3.63, 3.8) is 0 Å². The Kier molecular flexibility index (Phi) is 5.16. The Hall–Kier alpha value is -4.68. The Balaban J connectivity index is 1.58. The maximum atomic E-state index is 10.1. The van der Waals surface area contributed by atoms with Crippen LogP contribution in [0.4, 0.5) is 0 Å². The molecule has 0 fully saturated rings. The van der Waals surface area contributed by atoms with Gasteiger partial charge in [-0.15, -0.1) is 0 Å². The number of aryl methyl sites for hydroxylation is 3. The van der Waals surface area contributed by atoms with Gasteiger partial charge in [-0.3, -0.25) is 0 Å². The summed E-state index contributed by atoms with van der Waals surface area (Å²) in [7, 11) is 2.05. The first-order valence-electron chi connectivity index (χ1n) is 12.1. The van der Waals surface area contributed by atoms with Crippen LogP contribution < -0.4 is 4.57 Å². The molecule has 0 aliphatic heterocycles. The molecule has 4 aromatic carbocycles. The number of rotatable bonds is 3. The molecular formula is C33H25N2O+. The topological polar surface area (TPSA) is 40.8 Å². The van der Waals surface area contributed by atoms with Crippen LogP contribution in [0.15, 0.2) is 102 Å². The predicted molar refractivity (Wildman–Crippen MR) is 145 cm³/mol. The van der Waals surface area contributed by atoms with E-state index in [1.165, 1.54) is 11.1 Å². The van der Waals surface area contributed by atoms with E-state index in [1.54, 1.807) is 0 Å². The lowest BCUT2D eigenvalue weighted by molar-refractivity contribution is -0.660. The SMILES string of the molecule is Cc1cc(-c2ccccc2)ccc1-c1cc2c(cc1C#N)oc1c(-c3cccc[n+]3C)c(C)ccc12. The van der Waals surface area contributed by atoms with E-state index in [0.29, 0.717) is 5.56 Å². The van der Waals surface area contributed by atoms with Gasteiger partial charge in [0, 0.05) is 28.5 Å². The lowest BCUT2D eigenvalue weighted by Gasteiger charge is -2.11. The predicted octanol–water partition coefficient (Wildman–Crippen LogP) is 7.90. The number of pyridine rings is 1. The van der Waals surface area contributed by atoms with Crippen LogP contribution in [0.5, 0.6) is 0 Å². The third kappa shape index (κ3) is 3.47. The van der Waals surface area contributed by atoms with Gasteiger partial charge in [-0.1, -0.05) is 60.7 Å². The molecule has 2 heterocycles. The van der Waals surface area contributed by atoms with Gasteiger partial charge in [-0.25, -0.2) is 4.57 Å². The van der Waals surface area contributed by atoms with E-state index in [2.05, 4.69) is 91.2 Å². The molecule has 0 aliphatic rings. The Labute approximate surface area is 210 Å². The van der Waals surface area contributed by atoms with Crippen molar-refractivity contribution in [3.8, 4) is 39.6 Å². The first kappa shape index (κ1) is 21.8. The average molecular weight is 466 g/mol. The van der Waals surface area contributed by atoms with Crippen molar-refractivity contribution in [2.24, 2.45) is 7.05 Å². The summed E-state index contributed by atoms with van der Waals surface area (Å²) in [6.07, 6.45) is 2.05. The smallest absolute Gasteiger partial charge is 0.216 e. The molecular weight excluding hydrogens is 440 g/mol. The van der Waals surface area contributed by atoms with Crippen LogP contribution in [0.2, 0.25) is 0 Å². The molecule has 0 atom stereocenters. The summed E-state index contributed by atoms with van der Waals surface area (Å²) in [5.74, 6) is 0. The van der Waals surface area contributed by atoms with Gasteiger partial charge in [-0.05, 0) is 59.9 Å². The van der Waals surface area contributed by atoms with E-state index >= 15 is 0 Å². The van der Waals surface area contributed by atoms with Crippen molar-refractivity contribution in [3.05, 3.63) is 114 Å². The molecule has 3 nitrogen and oxygen atoms in total. The van der Waals surface area contributed by atoms with Gasteiger partial charge in [-0.2, -0.15) is 5.26 Å². The van der Waals surface area contributed by atoms with Gasteiger partial charge >= 0.3 is 0 Å². The van der Waals surface area contributed by atoms with Crippen LogP contribution in [0.25, 0.3) is 55.4 Å². The van der Waals surface area contributed by atoms with Crippen molar-refractivity contribution in [2.45, 2.75) is 13.8 Å². The zero-order chi connectivity index (χ0) is 24.8. The normalized spacial score (nSPS) is 11.2. The van der Waals surface area contributed by atoms with Crippen molar-refractivity contribution >= 4 is 21.9 Å². The van der Waals surface area contributed by atoms with Crippen molar-refractivity contribution in [1.29, 1.82) is 5.26 Å². The molecule has 0 N–H and O–H groups in total. The second kappa shape index (κ2) is 8.52. The molecule has 0 unspecified atom stereocenters. The van der Waals surface area contributed by atoms with Gasteiger partial charge in [0.05, 0.1) is 17.2 Å². The summed E-state index contributed by atoms with van der Waals surface area (Å²) in [6, 6.07) is 33.7. The summed E-state index contributed by atoms with van der Waals surface area (Å²) >= 11 is 0.